The van der Waals surface area contributed by atoms with Crippen LogP contribution >= 0.6 is 0 Å². The van der Waals surface area contributed by atoms with Crippen LogP contribution in [0.2, 0.25) is 0 Å². The monoisotopic (exact) mass is 532 g/mol. The zero-order valence-corrected chi connectivity index (χ0v) is 23.2. The van der Waals surface area contributed by atoms with Crippen LogP contribution in [0.4, 0.5) is 16.3 Å². The second kappa shape index (κ2) is 10.7. The minimum absolute atomic E-state index is 0.0243. The molecule has 39 heavy (non-hydrogen) atoms. The number of benzene rings is 1. The third-order valence-electron chi connectivity index (χ3n) is 9.66. The number of methoxy groups -OCH3 is 1. The van der Waals surface area contributed by atoms with Crippen LogP contribution in [0.5, 0.6) is 5.75 Å². The van der Waals surface area contributed by atoms with Gasteiger partial charge in [0.15, 0.2) is 0 Å². The Bertz CT molecular complexity index is 1230. The number of likely N-dealkylation sites (tertiary alicyclic amines) is 1. The summed E-state index contributed by atoms with van der Waals surface area (Å²) in [5, 5.41) is 3.09. The molecule has 9 heteroatoms. The van der Waals surface area contributed by atoms with E-state index in [1.807, 2.05) is 34.1 Å². The number of amides is 3. The Morgan fingerprint density at radius 2 is 1.90 bits per heavy atom. The van der Waals surface area contributed by atoms with E-state index < -0.39 is 0 Å². The van der Waals surface area contributed by atoms with Crippen LogP contribution in [0.25, 0.3) is 0 Å². The van der Waals surface area contributed by atoms with E-state index in [1.165, 1.54) is 32.0 Å². The minimum atomic E-state index is -0.0391. The average molecular weight is 533 g/mol. The molecule has 4 heterocycles. The van der Waals surface area contributed by atoms with Gasteiger partial charge in [-0.2, -0.15) is 0 Å². The molecule has 3 aliphatic heterocycles. The Kier molecular flexibility index (Phi) is 7.08. The molecule has 2 atom stereocenters. The van der Waals surface area contributed by atoms with E-state index in [9.17, 15) is 9.59 Å². The average Bonchev–Trinajstić information content (AvgIpc) is 3.13. The molecule has 0 spiro atoms. The lowest BCUT2D eigenvalue weighted by Crippen LogP contribution is -2.50. The van der Waals surface area contributed by atoms with Crippen molar-refractivity contribution in [1.82, 2.24) is 19.8 Å². The zero-order chi connectivity index (χ0) is 27.0. The van der Waals surface area contributed by atoms with Gasteiger partial charge >= 0.3 is 6.03 Å². The molecular weight excluding hydrogens is 492 g/mol. The van der Waals surface area contributed by atoms with Crippen molar-refractivity contribution in [2.75, 3.05) is 50.1 Å². The van der Waals surface area contributed by atoms with Crippen LogP contribution in [0, 0.1) is 11.3 Å². The molecule has 1 aromatic heterocycles. The van der Waals surface area contributed by atoms with Gasteiger partial charge < -0.3 is 24.8 Å². The first-order valence-electron chi connectivity index (χ1n) is 14.5. The van der Waals surface area contributed by atoms with E-state index in [0.29, 0.717) is 12.2 Å². The van der Waals surface area contributed by atoms with Crippen molar-refractivity contribution in [3.63, 3.8) is 0 Å². The summed E-state index contributed by atoms with van der Waals surface area (Å²) in [6, 6.07) is 7.80. The van der Waals surface area contributed by atoms with Crippen molar-refractivity contribution in [3.8, 4) is 5.75 Å². The molecular formula is C30H40N6O3. The van der Waals surface area contributed by atoms with E-state index in [0.717, 1.165) is 80.6 Å². The first-order chi connectivity index (χ1) is 18.9. The van der Waals surface area contributed by atoms with Crippen LogP contribution in [0.3, 0.4) is 0 Å². The molecule has 4 aliphatic rings. The molecule has 0 unspecified atom stereocenters. The summed E-state index contributed by atoms with van der Waals surface area (Å²) < 4.78 is 5.36. The summed E-state index contributed by atoms with van der Waals surface area (Å²) in [7, 11) is 1.66. The highest BCUT2D eigenvalue weighted by atomic mass is 16.5. The molecule has 1 aliphatic carbocycles. The molecule has 1 saturated carbocycles. The number of carbonyl (C=O) groups is 2. The minimum Gasteiger partial charge on any atom is -0.497 e. The highest BCUT2D eigenvalue weighted by molar-refractivity contribution is 5.93. The normalized spacial score (nSPS) is 25.8. The smallest absolute Gasteiger partial charge is 0.322 e. The van der Waals surface area contributed by atoms with Crippen molar-refractivity contribution in [2.45, 2.75) is 64.3 Å². The highest BCUT2D eigenvalue weighted by Gasteiger charge is 2.42. The highest BCUT2D eigenvalue weighted by Crippen LogP contribution is 2.46. The van der Waals surface area contributed by atoms with Gasteiger partial charge in [-0.15, -0.1) is 0 Å². The van der Waals surface area contributed by atoms with Gasteiger partial charge in [-0.1, -0.05) is 19.8 Å². The Morgan fingerprint density at radius 1 is 1.05 bits per heavy atom. The zero-order valence-electron chi connectivity index (χ0n) is 23.2. The van der Waals surface area contributed by atoms with Crippen LogP contribution in [0.1, 0.15) is 67.9 Å². The second-order valence-electron chi connectivity index (χ2n) is 12.0. The standard InChI is InChI=1S/C30H40N6O3/c1-30-12-4-3-5-22(30)9-13-35(19-30)28(37)26-18-27(32-20-31-26)34-14-10-23(11-15-34)36-16-8-21-17-24(39-2)6-7-25(21)33-29(36)38/h6-7,17-18,20,22-23H,3-5,8-16,19H2,1-2H3,(H,33,38)/t22-,30+/m1/s1. The first-order valence-corrected chi connectivity index (χ1v) is 14.5. The molecule has 208 valence electrons. The van der Waals surface area contributed by atoms with Gasteiger partial charge in [0, 0.05) is 50.5 Å². The van der Waals surface area contributed by atoms with E-state index in [-0.39, 0.29) is 23.4 Å². The Hall–Kier alpha value is -3.36. The number of nitrogens with zero attached hydrogens (tertiary/aromatic N) is 5. The molecule has 3 amide bonds. The molecule has 1 aromatic carbocycles. The molecule has 0 bridgehead atoms. The number of piperidine rings is 2. The molecule has 1 N–H and O–H groups in total. The van der Waals surface area contributed by atoms with Gasteiger partial charge in [0.1, 0.15) is 23.6 Å². The summed E-state index contributed by atoms with van der Waals surface area (Å²) in [4.78, 5) is 41.7. The first kappa shape index (κ1) is 25.9. The van der Waals surface area contributed by atoms with Gasteiger partial charge in [-0.05, 0) is 73.6 Å². The molecule has 3 fully saturated rings. The van der Waals surface area contributed by atoms with E-state index >= 15 is 0 Å². The number of urea groups is 1. The van der Waals surface area contributed by atoms with Crippen LogP contribution in [0.15, 0.2) is 30.6 Å². The van der Waals surface area contributed by atoms with Crippen molar-refractivity contribution in [2.24, 2.45) is 11.3 Å². The number of carbonyl (C=O) groups excluding carboxylic acids is 2. The molecule has 2 saturated heterocycles. The number of hydrogen-bond acceptors (Lipinski definition) is 6. The number of rotatable bonds is 4. The quantitative estimate of drug-likeness (QED) is 0.620. The van der Waals surface area contributed by atoms with Gasteiger partial charge in [-0.25, -0.2) is 14.8 Å². The Morgan fingerprint density at radius 3 is 2.72 bits per heavy atom. The summed E-state index contributed by atoms with van der Waals surface area (Å²) >= 11 is 0. The van der Waals surface area contributed by atoms with Crippen LogP contribution in [-0.2, 0) is 6.42 Å². The number of ether oxygens (including phenoxy) is 1. The van der Waals surface area contributed by atoms with Crippen LogP contribution in [-0.4, -0.2) is 77.6 Å². The predicted molar refractivity (Wildman–Crippen MR) is 150 cm³/mol. The third-order valence-corrected chi connectivity index (χ3v) is 9.66. The maximum atomic E-state index is 13.5. The summed E-state index contributed by atoms with van der Waals surface area (Å²) in [5.74, 6) is 2.36. The number of anilines is 2. The van der Waals surface area contributed by atoms with Crippen molar-refractivity contribution >= 4 is 23.4 Å². The maximum Gasteiger partial charge on any atom is 0.322 e. The summed E-state index contributed by atoms with van der Waals surface area (Å²) in [5.41, 5.74) is 2.68. The lowest BCUT2D eigenvalue weighted by atomic mass is 9.64. The number of nitrogens with one attached hydrogen (secondary N) is 1. The van der Waals surface area contributed by atoms with Crippen molar-refractivity contribution in [1.29, 1.82) is 0 Å². The molecule has 0 radical (unpaired) electrons. The second-order valence-corrected chi connectivity index (χ2v) is 12.0. The lowest BCUT2D eigenvalue weighted by Gasteiger charge is -2.49. The van der Waals surface area contributed by atoms with Crippen LogP contribution < -0.4 is 15.0 Å². The Labute approximate surface area is 230 Å². The van der Waals surface area contributed by atoms with E-state index in [2.05, 4.69) is 27.1 Å². The summed E-state index contributed by atoms with van der Waals surface area (Å²) in [6.45, 7) is 6.26. The molecule has 2 aromatic rings. The van der Waals surface area contributed by atoms with Gasteiger partial charge in [-0.3, -0.25) is 4.79 Å². The number of fused-ring (bicyclic) bond motifs is 2. The van der Waals surface area contributed by atoms with E-state index in [4.69, 9.17) is 4.74 Å². The predicted octanol–water partition coefficient (Wildman–Crippen LogP) is 4.59. The van der Waals surface area contributed by atoms with E-state index in [1.54, 1.807) is 7.11 Å². The van der Waals surface area contributed by atoms with Gasteiger partial charge in [0.05, 0.1) is 7.11 Å². The fourth-order valence-electron chi connectivity index (χ4n) is 7.28. The molecule has 9 nitrogen and oxygen atoms in total. The van der Waals surface area contributed by atoms with Gasteiger partial charge in [0.2, 0.25) is 0 Å². The van der Waals surface area contributed by atoms with Gasteiger partial charge in [0.25, 0.3) is 5.91 Å². The number of aromatic nitrogens is 2. The maximum absolute atomic E-state index is 13.5. The molecule has 6 rings (SSSR count). The fourth-order valence-corrected chi connectivity index (χ4v) is 7.28. The topological polar surface area (TPSA) is 90.9 Å². The van der Waals surface area contributed by atoms with Crippen molar-refractivity contribution < 1.29 is 14.3 Å². The SMILES string of the molecule is COc1ccc2c(c1)CCN(C1CCN(c3cc(C(=O)N4CC[C@H]5CCCC[C@@]5(C)C4)ncn3)CC1)C(=O)N2. The fraction of sp³-hybridized carbons (Fsp3) is 0.600. The third kappa shape index (κ3) is 5.15. The summed E-state index contributed by atoms with van der Waals surface area (Å²) in [6.07, 6.45) is 10.2. The van der Waals surface area contributed by atoms with Crippen molar-refractivity contribution in [3.05, 3.63) is 41.9 Å². The Balaban J connectivity index is 1.08. The largest absolute Gasteiger partial charge is 0.497 e. The lowest BCUT2D eigenvalue weighted by molar-refractivity contribution is 0.00949. The number of hydrogen-bond donors (Lipinski definition) is 1.